The van der Waals surface area contributed by atoms with E-state index in [0.717, 1.165) is 29.6 Å². The molecular formula is C19H31IN6O. The molecule has 0 saturated heterocycles. The highest BCUT2D eigenvalue weighted by Crippen LogP contribution is 2.25. The highest BCUT2D eigenvalue weighted by Gasteiger charge is 2.15. The Balaban J connectivity index is 0.00000364. The van der Waals surface area contributed by atoms with E-state index >= 15 is 0 Å². The van der Waals surface area contributed by atoms with Gasteiger partial charge < -0.3 is 15.4 Å². The monoisotopic (exact) mass is 486 g/mol. The van der Waals surface area contributed by atoms with Crippen molar-refractivity contribution in [3.05, 3.63) is 41.5 Å². The van der Waals surface area contributed by atoms with E-state index in [0.29, 0.717) is 13.1 Å². The van der Waals surface area contributed by atoms with Gasteiger partial charge in [0.05, 0.1) is 13.1 Å². The molecule has 2 aromatic rings. The van der Waals surface area contributed by atoms with Gasteiger partial charge in [0.15, 0.2) is 5.96 Å². The van der Waals surface area contributed by atoms with Gasteiger partial charge in [-0.1, -0.05) is 12.1 Å². The van der Waals surface area contributed by atoms with Crippen LogP contribution in [0, 0.1) is 6.92 Å². The van der Waals surface area contributed by atoms with Crippen molar-refractivity contribution in [1.29, 1.82) is 0 Å². The van der Waals surface area contributed by atoms with E-state index in [-0.39, 0.29) is 29.6 Å². The highest BCUT2D eigenvalue weighted by molar-refractivity contribution is 14.0. The van der Waals surface area contributed by atoms with Crippen molar-refractivity contribution >= 4 is 29.9 Å². The Morgan fingerprint density at radius 1 is 1.26 bits per heavy atom. The maximum Gasteiger partial charge on any atom is 0.191 e. The number of aryl methyl sites for hydroxylation is 2. The third-order valence-corrected chi connectivity index (χ3v) is 3.61. The molecule has 27 heavy (non-hydrogen) atoms. The minimum absolute atomic E-state index is 0. The molecule has 0 fully saturated rings. The summed E-state index contributed by atoms with van der Waals surface area (Å²) < 4.78 is 7.85. The number of benzene rings is 1. The van der Waals surface area contributed by atoms with Gasteiger partial charge in [0.25, 0.3) is 0 Å². The summed E-state index contributed by atoms with van der Waals surface area (Å²) in [5.41, 5.74) is 1.98. The first-order chi connectivity index (χ1) is 12.3. The molecule has 0 aliphatic rings. The Hall–Kier alpha value is -1.84. The van der Waals surface area contributed by atoms with E-state index in [1.54, 1.807) is 11.0 Å². The van der Waals surface area contributed by atoms with Crippen LogP contribution < -0.4 is 15.4 Å². The number of aliphatic imine (C=N–C) groups is 1. The van der Waals surface area contributed by atoms with E-state index in [1.165, 1.54) is 5.56 Å². The quantitative estimate of drug-likeness (QED) is 0.373. The van der Waals surface area contributed by atoms with E-state index in [1.807, 2.05) is 14.0 Å². The number of aromatic nitrogens is 3. The zero-order chi connectivity index (χ0) is 19.2. The largest absolute Gasteiger partial charge is 0.488 e. The van der Waals surface area contributed by atoms with Crippen molar-refractivity contribution in [1.82, 2.24) is 25.4 Å². The Labute approximate surface area is 179 Å². The summed E-state index contributed by atoms with van der Waals surface area (Å²) in [5, 5.41) is 10.6. The Morgan fingerprint density at radius 3 is 2.59 bits per heavy atom. The lowest BCUT2D eigenvalue weighted by Crippen LogP contribution is -2.37. The second kappa shape index (κ2) is 10.5. The van der Waals surface area contributed by atoms with Crippen molar-refractivity contribution in [2.75, 3.05) is 6.54 Å². The van der Waals surface area contributed by atoms with Crippen LogP contribution in [-0.4, -0.2) is 32.9 Å². The lowest BCUT2D eigenvalue weighted by molar-refractivity contribution is 0.129. The number of guanidine groups is 1. The minimum Gasteiger partial charge on any atom is -0.488 e. The predicted octanol–water partition coefficient (Wildman–Crippen LogP) is 3.17. The molecular weight excluding hydrogens is 455 g/mol. The van der Waals surface area contributed by atoms with E-state index in [2.05, 4.69) is 66.6 Å². The molecule has 0 aliphatic carbocycles. The van der Waals surface area contributed by atoms with E-state index < -0.39 is 0 Å². The second-order valence-electron chi connectivity index (χ2n) is 7.17. The molecule has 1 aromatic heterocycles. The number of halogens is 1. The summed E-state index contributed by atoms with van der Waals surface area (Å²) in [6, 6.07) is 6.22. The van der Waals surface area contributed by atoms with Crippen LogP contribution >= 0.6 is 24.0 Å². The number of hydrogen-bond donors (Lipinski definition) is 2. The van der Waals surface area contributed by atoms with Crippen molar-refractivity contribution < 1.29 is 4.74 Å². The van der Waals surface area contributed by atoms with Crippen molar-refractivity contribution in [2.24, 2.45) is 12.0 Å². The first-order valence-electron chi connectivity index (χ1n) is 8.92. The summed E-state index contributed by atoms with van der Waals surface area (Å²) in [5.74, 6) is 2.46. The second-order valence-corrected chi connectivity index (χ2v) is 7.17. The maximum atomic E-state index is 6.11. The molecule has 8 heteroatoms. The van der Waals surface area contributed by atoms with Crippen molar-refractivity contribution in [3.63, 3.8) is 0 Å². The molecule has 0 saturated carbocycles. The molecule has 0 bridgehead atoms. The Kier molecular flexibility index (Phi) is 9.01. The molecule has 1 aromatic carbocycles. The fourth-order valence-corrected chi connectivity index (χ4v) is 2.37. The molecule has 0 atom stereocenters. The Morgan fingerprint density at radius 2 is 2.00 bits per heavy atom. The van der Waals surface area contributed by atoms with Crippen LogP contribution in [0.4, 0.5) is 0 Å². The number of nitrogens with zero attached hydrogens (tertiary/aromatic N) is 4. The van der Waals surface area contributed by atoms with Crippen LogP contribution in [0.1, 0.15) is 44.6 Å². The summed E-state index contributed by atoms with van der Waals surface area (Å²) >= 11 is 0. The molecule has 1 heterocycles. The van der Waals surface area contributed by atoms with Gasteiger partial charge in [0.1, 0.15) is 23.5 Å². The molecule has 2 N–H and O–H groups in total. The van der Waals surface area contributed by atoms with Crippen LogP contribution in [0.2, 0.25) is 0 Å². The first kappa shape index (κ1) is 23.2. The van der Waals surface area contributed by atoms with Gasteiger partial charge in [-0.05, 0) is 46.2 Å². The van der Waals surface area contributed by atoms with Gasteiger partial charge in [-0.25, -0.2) is 9.98 Å². The van der Waals surface area contributed by atoms with Gasteiger partial charge in [0.2, 0.25) is 0 Å². The molecule has 2 rings (SSSR count). The smallest absolute Gasteiger partial charge is 0.191 e. The lowest BCUT2D eigenvalue weighted by atomic mass is 10.1. The Bertz CT molecular complexity index is 751. The van der Waals surface area contributed by atoms with Gasteiger partial charge >= 0.3 is 0 Å². The van der Waals surface area contributed by atoms with Crippen molar-refractivity contribution in [3.8, 4) is 5.75 Å². The molecule has 7 nitrogen and oxygen atoms in total. The number of hydrogen-bond acceptors (Lipinski definition) is 4. The maximum absolute atomic E-state index is 6.11. The van der Waals surface area contributed by atoms with Gasteiger partial charge in [0, 0.05) is 19.2 Å². The molecule has 0 unspecified atom stereocenters. The van der Waals surface area contributed by atoms with Crippen molar-refractivity contribution in [2.45, 2.75) is 53.3 Å². The summed E-state index contributed by atoms with van der Waals surface area (Å²) in [7, 11) is 1.87. The van der Waals surface area contributed by atoms with E-state index in [4.69, 9.17) is 9.73 Å². The van der Waals surface area contributed by atoms with E-state index in [9.17, 15) is 0 Å². The van der Waals surface area contributed by atoms with Gasteiger partial charge in [-0.3, -0.25) is 4.68 Å². The minimum atomic E-state index is -0.250. The third kappa shape index (κ3) is 7.74. The zero-order valence-electron chi connectivity index (χ0n) is 17.0. The van der Waals surface area contributed by atoms with Crippen LogP contribution in [0.25, 0.3) is 0 Å². The van der Waals surface area contributed by atoms with Crippen LogP contribution in [0.5, 0.6) is 5.75 Å². The van der Waals surface area contributed by atoms with Crippen LogP contribution in [0.3, 0.4) is 0 Å². The van der Waals surface area contributed by atoms with Crippen LogP contribution in [0.15, 0.2) is 29.5 Å². The van der Waals surface area contributed by atoms with Crippen LogP contribution in [-0.2, 0) is 20.1 Å². The van der Waals surface area contributed by atoms with Gasteiger partial charge in [-0.15, -0.1) is 24.0 Å². The fraction of sp³-hybridized carbons (Fsp3) is 0.526. The summed E-state index contributed by atoms with van der Waals surface area (Å²) in [6.45, 7) is 12.1. The average molecular weight is 486 g/mol. The number of ether oxygens (including phenoxy) is 1. The summed E-state index contributed by atoms with van der Waals surface area (Å²) in [4.78, 5) is 8.91. The third-order valence-electron chi connectivity index (χ3n) is 3.61. The number of rotatable bonds is 6. The fourth-order valence-electron chi connectivity index (χ4n) is 2.37. The first-order valence-corrected chi connectivity index (χ1v) is 8.92. The zero-order valence-corrected chi connectivity index (χ0v) is 19.4. The topological polar surface area (TPSA) is 76.4 Å². The molecule has 0 amide bonds. The number of nitrogens with one attached hydrogen (secondary N) is 2. The standard InChI is InChI=1S/C19H30N6O.HI/c1-7-20-18(22-12-17-23-13-24-25(17)6)21-11-15-9-8-14(2)10-16(15)26-19(3,4)5;/h8-10,13H,7,11-12H2,1-6H3,(H2,20,21,22);1H. The lowest BCUT2D eigenvalue weighted by Gasteiger charge is -2.23. The van der Waals surface area contributed by atoms with Gasteiger partial charge in [-0.2, -0.15) is 5.10 Å². The highest BCUT2D eigenvalue weighted by atomic mass is 127. The normalized spacial score (nSPS) is 11.7. The predicted molar refractivity (Wildman–Crippen MR) is 120 cm³/mol. The molecule has 0 aliphatic heterocycles. The average Bonchev–Trinajstić information content (AvgIpc) is 2.95. The molecule has 0 radical (unpaired) electrons. The molecule has 0 spiro atoms. The SMILES string of the molecule is CCNC(=NCc1ccc(C)cc1OC(C)(C)C)NCc1ncnn1C.I. The molecule has 150 valence electrons. The summed E-state index contributed by atoms with van der Waals surface area (Å²) in [6.07, 6.45) is 1.55.